The minimum atomic E-state index is 0.563. The summed E-state index contributed by atoms with van der Waals surface area (Å²) in [6.07, 6.45) is 9.51. The van der Waals surface area contributed by atoms with Crippen LogP contribution < -0.4 is 0 Å². The molecule has 0 bridgehead atoms. The first kappa shape index (κ1) is 15.0. The number of hydrogen-bond donors (Lipinski definition) is 0. The zero-order valence-electron chi connectivity index (χ0n) is 12.2. The van der Waals surface area contributed by atoms with E-state index in [1.165, 1.54) is 26.5 Å². The fourth-order valence-electron chi connectivity index (χ4n) is 2.27. The van der Waals surface area contributed by atoms with Crippen LogP contribution in [0.3, 0.4) is 0 Å². The Hall–Kier alpha value is -1.08. The van der Waals surface area contributed by atoms with Gasteiger partial charge in [0.25, 0.3) is 0 Å². The van der Waals surface area contributed by atoms with E-state index in [0.717, 1.165) is 6.42 Å². The first-order valence-electron chi connectivity index (χ1n) is 6.62. The summed E-state index contributed by atoms with van der Waals surface area (Å²) in [5.41, 5.74) is 4.28. The molecule has 0 spiro atoms. The quantitative estimate of drug-likeness (QED) is 0.568. The molecule has 98 valence electrons. The monoisotopic (exact) mass is 260 g/mol. The Kier molecular flexibility index (Phi) is 5.61. The third kappa shape index (κ3) is 3.23. The molecule has 0 aromatic carbocycles. The van der Waals surface area contributed by atoms with Gasteiger partial charge in [-0.3, -0.25) is 0 Å². The van der Waals surface area contributed by atoms with Crippen LogP contribution in [0.25, 0.3) is 11.6 Å². The second-order valence-corrected chi connectivity index (χ2v) is 6.25. The van der Waals surface area contributed by atoms with Gasteiger partial charge in [-0.15, -0.1) is 11.3 Å². The zero-order valence-corrected chi connectivity index (χ0v) is 13.0. The van der Waals surface area contributed by atoms with Crippen LogP contribution in [-0.4, -0.2) is 0 Å². The summed E-state index contributed by atoms with van der Waals surface area (Å²) in [5, 5.41) is 0. The summed E-state index contributed by atoms with van der Waals surface area (Å²) in [6.45, 7) is 14.9. The summed E-state index contributed by atoms with van der Waals surface area (Å²) >= 11 is 1.89. The van der Waals surface area contributed by atoms with E-state index in [4.69, 9.17) is 0 Å². The van der Waals surface area contributed by atoms with Gasteiger partial charge in [-0.05, 0) is 42.9 Å². The van der Waals surface area contributed by atoms with Gasteiger partial charge in [0, 0.05) is 9.75 Å². The highest BCUT2D eigenvalue weighted by molar-refractivity contribution is 7.12. The smallest absolute Gasteiger partial charge is 0.00984 e. The Morgan fingerprint density at radius 2 is 1.94 bits per heavy atom. The van der Waals surface area contributed by atoms with Gasteiger partial charge in [0.1, 0.15) is 0 Å². The van der Waals surface area contributed by atoms with Gasteiger partial charge in [0.15, 0.2) is 0 Å². The van der Waals surface area contributed by atoms with Crippen molar-refractivity contribution in [2.75, 3.05) is 0 Å². The summed E-state index contributed by atoms with van der Waals surface area (Å²) in [6, 6.07) is 0. The second kappa shape index (κ2) is 6.75. The SMILES string of the molecule is C=C/C=C\c1c(C)sc(C)c1/C(=C\CC)C(C)C. The molecule has 0 aliphatic rings. The standard InChI is InChI=1S/C17H24S/c1-7-9-11-16-13(5)18-14(6)17(16)15(10-8-2)12(3)4/h7,9-12H,1,8H2,2-6H3/b11-9-,15-10-. The van der Waals surface area contributed by atoms with Gasteiger partial charge in [-0.1, -0.05) is 51.7 Å². The molecular formula is C17H24S. The van der Waals surface area contributed by atoms with Crippen LogP contribution in [0.2, 0.25) is 0 Å². The van der Waals surface area contributed by atoms with Crippen molar-refractivity contribution in [1.29, 1.82) is 0 Å². The van der Waals surface area contributed by atoms with Crippen molar-refractivity contribution in [3.8, 4) is 0 Å². The average Bonchev–Trinajstić information content (AvgIpc) is 2.58. The van der Waals surface area contributed by atoms with Gasteiger partial charge in [0.2, 0.25) is 0 Å². The third-order valence-electron chi connectivity index (χ3n) is 3.04. The Morgan fingerprint density at radius 1 is 1.28 bits per heavy atom. The molecule has 1 aromatic heterocycles. The highest BCUT2D eigenvalue weighted by Crippen LogP contribution is 2.37. The third-order valence-corrected chi connectivity index (χ3v) is 4.08. The van der Waals surface area contributed by atoms with E-state index in [0.29, 0.717) is 5.92 Å². The van der Waals surface area contributed by atoms with Gasteiger partial charge >= 0.3 is 0 Å². The van der Waals surface area contributed by atoms with Crippen LogP contribution in [0.5, 0.6) is 0 Å². The van der Waals surface area contributed by atoms with Gasteiger partial charge < -0.3 is 0 Å². The van der Waals surface area contributed by atoms with E-state index < -0.39 is 0 Å². The van der Waals surface area contributed by atoms with Crippen molar-refractivity contribution in [3.05, 3.63) is 45.7 Å². The van der Waals surface area contributed by atoms with Crippen molar-refractivity contribution in [2.45, 2.75) is 41.0 Å². The number of rotatable bonds is 5. The molecule has 0 nitrogen and oxygen atoms in total. The lowest BCUT2D eigenvalue weighted by Gasteiger charge is -2.13. The molecule has 1 heterocycles. The first-order chi connectivity index (χ1) is 8.52. The van der Waals surface area contributed by atoms with Gasteiger partial charge in [-0.2, -0.15) is 0 Å². The van der Waals surface area contributed by atoms with E-state index in [1.54, 1.807) is 0 Å². The second-order valence-electron chi connectivity index (χ2n) is 4.82. The van der Waals surface area contributed by atoms with E-state index in [-0.39, 0.29) is 0 Å². The Bertz CT molecular complexity index is 470. The molecule has 0 N–H and O–H groups in total. The van der Waals surface area contributed by atoms with Crippen molar-refractivity contribution in [1.82, 2.24) is 0 Å². The van der Waals surface area contributed by atoms with Crippen molar-refractivity contribution >= 4 is 23.0 Å². The maximum absolute atomic E-state index is 3.76. The summed E-state index contributed by atoms with van der Waals surface area (Å²) in [5.74, 6) is 0.563. The van der Waals surface area contributed by atoms with Crippen LogP contribution >= 0.6 is 11.3 Å². The van der Waals surface area contributed by atoms with Crippen LogP contribution in [0.15, 0.2) is 24.8 Å². The van der Waals surface area contributed by atoms with Gasteiger partial charge in [-0.25, -0.2) is 0 Å². The van der Waals surface area contributed by atoms with Crippen LogP contribution in [0.1, 0.15) is 48.1 Å². The first-order valence-corrected chi connectivity index (χ1v) is 7.44. The average molecular weight is 260 g/mol. The minimum absolute atomic E-state index is 0.563. The molecular weight excluding hydrogens is 236 g/mol. The summed E-state index contributed by atoms with van der Waals surface area (Å²) in [7, 11) is 0. The lowest BCUT2D eigenvalue weighted by Crippen LogP contribution is -1.96. The lowest BCUT2D eigenvalue weighted by molar-refractivity contribution is 0.850. The van der Waals surface area contributed by atoms with Crippen LogP contribution in [0, 0.1) is 19.8 Å². The Morgan fingerprint density at radius 3 is 2.44 bits per heavy atom. The van der Waals surface area contributed by atoms with Crippen molar-refractivity contribution in [3.63, 3.8) is 0 Å². The number of allylic oxidation sites excluding steroid dienone is 4. The Balaban J connectivity index is 3.41. The van der Waals surface area contributed by atoms with E-state index in [1.807, 2.05) is 23.5 Å². The van der Waals surface area contributed by atoms with E-state index >= 15 is 0 Å². The molecule has 0 unspecified atom stereocenters. The number of aryl methyl sites for hydroxylation is 2. The van der Waals surface area contributed by atoms with Crippen LogP contribution in [-0.2, 0) is 0 Å². The molecule has 0 aliphatic heterocycles. The molecule has 1 aromatic rings. The highest BCUT2D eigenvalue weighted by atomic mass is 32.1. The van der Waals surface area contributed by atoms with Crippen LogP contribution in [0.4, 0.5) is 0 Å². The van der Waals surface area contributed by atoms with E-state index in [2.05, 4.69) is 53.3 Å². The van der Waals surface area contributed by atoms with Gasteiger partial charge in [0.05, 0.1) is 0 Å². The van der Waals surface area contributed by atoms with Crippen molar-refractivity contribution in [2.24, 2.45) is 5.92 Å². The molecule has 0 atom stereocenters. The fraction of sp³-hybridized carbons (Fsp3) is 0.412. The minimum Gasteiger partial charge on any atom is -0.145 e. The molecule has 0 saturated carbocycles. The highest BCUT2D eigenvalue weighted by Gasteiger charge is 2.16. The molecule has 1 rings (SSSR count). The lowest BCUT2D eigenvalue weighted by atomic mass is 9.91. The molecule has 0 aliphatic carbocycles. The molecule has 0 amide bonds. The topological polar surface area (TPSA) is 0 Å². The predicted octanol–water partition coefficient (Wildman–Crippen LogP) is 6.01. The normalized spacial score (nSPS) is 12.7. The molecule has 0 fully saturated rings. The van der Waals surface area contributed by atoms with Crippen molar-refractivity contribution < 1.29 is 0 Å². The molecule has 0 saturated heterocycles. The predicted molar refractivity (Wildman–Crippen MR) is 86.1 cm³/mol. The number of hydrogen-bond acceptors (Lipinski definition) is 1. The largest absolute Gasteiger partial charge is 0.145 e. The maximum atomic E-state index is 3.76. The number of thiophene rings is 1. The summed E-state index contributed by atoms with van der Waals surface area (Å²) in [4.78, 5) is 2.81. The Labute approximate surface area is 116 Å². The summed E-state index contributed by atoms with van der Waals surface area (Å²) < 4.78 is 0. The fourth-order valence-corrected chi connectivity index (χ4v) is 3.34. The molecule has 1 heteroatoms. The molecule has 0 radical (unpaired) electrons. The zero-order chi connectivity index (χ0) is 13.7. The maximum Gasteiger partial charge on any atom is 0.00984 e. The van der Waals surface area contributed by atoms with E-state index in [9.17, 15) is 0 Å². The molecule has 18 heavy (non-hydrogen) atoms.